The summed E-state index contributed by atoms with van der Waals surface area (Å²) in [6, 6.07) is 3.15. The molecule has 1 aliphatic rings. The summed E-state index contributed by atoms with van der Waals surface area (Å²) in [5.74, 6) is -3.23. The Morgan fingerprint density at radius 1 is 1.28 bits per heavy atom. The maximum atomic E-state index is 14.5. The molecule has 32 heavy (non-hydrogen) atoms. The third kappa shape index (κ3) is 5.09. The molecule has 1 aliphatic heterocycles. The molecule has 170 valence electrons. The zero-order valence-corrected chi connectivity index (χ0v) is 18.0. The van der Waals surface area contributed by atoms with E-state index in [9.17, 15) is 23.1 Å². The van der Waals surface area contributed by atoms with E-state index in [0.717, 1.165) is 18.3 Å². The third-order valence-electron chi connectivity index (χ3n) is 4.73. The highest BCUT2D eigenvalue weighted by molar-refractivity contribution is 6.31. The Bertz CT molecular complexity index is 1090. The number of aromatic nitrogens is 1. The van der Waals surface area contributed by atoms with Gasteiger partial charge in [0.05, 0.1) is 25.5 Å². The number of aliphatic hydroxyl groups is 1. The molecule has 0 saturated carbocycles. The first-order valence-electron chi connectivity index (χ1n) is 9.47. The SMILES string of the molecule is COC(=O)C1=C(CN(C)CCO)NC(c2ncc(F)cc2F)=NC1c1ccc(F)cc1Cl. The molecule has 2 heterocycles. The average molecular weight is 469 g/mol. The van der Waals surface area contributed by atoms with Gasteiger partial charge in [-0.3, -0.25) is 9.89 Å². The number of esters is 1. The predicted molar refractivity (Wildman–Crippen MR) is 112 cm³/mol. The minimum Gasteiger partial charge on any atom is -0.466 e. The van der Waals surface area contributed by atoms with Gasteiger partial charge in [-0.15, -0.1) is 0 Å². The molecule has 0 aliphatic carbocycles. The molecule has 11 heteroatoms. The Balaban J connectivity index is 2.20. The molecule has 0 spiro atoms. The van der Waals surface area contributed by atoms with Crippen LogP contribution in [-0.4, -0.2) is 60.6 Å². The number of hydrogen-bond donors (Lipinski definition) is 2. The quantitative estimate of drug-likeness (QED) is 0.607. The molecule has 3 rings (SSSR count). The van der Waals surface area contributed by atoms with Crippen molar-refractivity contribution in [2.24, 2.45) is 4.99 Å². The normalized spacial score (nSPS) is 16.1. The summed E-state index contributed by atoms with van der Waals surface area (Å²) < 4.78 is 46.4. The van der Waals surface area contributed by atoms with Crippen LogP contribution in [0.5, 0.6) is 0 Å². The fourth-order valence-electron chi connectivity index (χ4n) is 3.25. The largest absolute Gasteiger partial charge is 0.466 e. The van der Waals surface area contributed by atoms with Crippen LogP contribution < -0.4 is 5.32 Å². The summed E-state index contributed by atoms with van der Waals surface area (Å²) in [5.41, 5.74) is 0.351. The second-order valence-corrected chi connectivity index (χ2v) is 7.41. The summed E-state index contributed by atoms with van der Waals surface area (Å²) in [6.07, 6.45) is 0.833. The van der Waals surface area contributed by atoms with Crippen molar-refractivity contribution in [2.45, 2.75) is 6.04 Å². The van der Waals surface area contributed by atoms with Gasteiger partial charge in [-0.05, 0) is 19.2 Å². The number of ether oxygens (including phenoxy) is 1. The number of aliphatic imine (C=N–C) groups is 1. The van der Waals surface area contributed by atoms with Crippen molar-refractivity contribution in [1.29, 1.82) is 0 Å². The zero-order chi connectivity index (χ0) is 23.4. The fourth-order valence-corrected chi connectivity index (χ4v) is 3.52. The second kappa shape index (κ2) is 10.1. The molecule has 0 fully saturated rings. The Morgan fingerprint density at radius 3 is 2.66 bits per heavy atom. The third-order valence-corrected chi connectivity index (χ3v) is 5.06. The number of pyridine rings is 1. The number of nitrogens with one attached hydrogen (secondary N) is 1. The monoisotopic (exact) mass is 468 g/mol. The topological polar surface area (TPSA) is 87.0 Å². The number of hydrogen-bond acceptors (Lipinski definition) is 7. The van der Waals surface area contributed by atoms with E-state index in [1.807, 2.05) is 0 Å². The summed E-state index contributed by atoms with van der Waals surface area (Å²) in [5, 5.41) is 12.1. The van der Waals surface area contributed by atoms with E-state index in [-0.39, 0.29) is 53.1 Å². The number of benzene rings is 1. The number of methoxy groups -OCH3 is 1. The number of likely N-dealkylation sites (N-methyl/N-ethyl adjacent to an activating group) is 1. The van der Waals surface area contributed by atoms with Crippen molar-refractivity contribution in [3.63, 3.8) is 0 Å². The Kier molecular flexibility index (Phi) is 7.49. The highest BCUT2D eigenvalue weighted by atomic mass is 35.5. The average Bonchev–Trinajstić information content (AvgIpc) is 2.73. The van der Waals surface area contributed by atoms with Crippen molar-refractivity contribution in [3.05, 3.63) is 75.5 Å². The number of nitrogens with zero attached hydrogens (tertiary/aromatic N) is 3. The van der Waals surface area contributed by atoms with Crippen LogP contribution in [0.1, 0.15) is 17.3 Å². The molecule has 1 unspecified atom stereocenters. The van der Waals surface area contributed by atoms with Crippen molar-refractivity contribution < 1.29 is 27.8 Å². The highest BCUT2D eigenvalue weighted by Crippen LogP contribution is 2.36. The molecule has 0 radical (unpaired) electrons. The van der Waals surface area contributed by atoms with Gasteiger partial charge in [0.25, 0.3) is 0 Å². The minimum atomic E-state index is -1.09. The first-order chi connectivity index (χ1) is 15.2. The molecule has 1 atom stereocenters. The molecular formula is C21H20ClF3N4O3. The van der Waals surface area contributed by atoms with Crippen LogP contribution in [0, 0.1) is 17.5 Å². The van der Waals surface area contributed by atoms with Crippen molar-refractivity contribution in [2.75, 3.05) is 33.9 Å². The molecule has 1 aromatic heterocycles. The second-order valence-electron chi connectivity index (χ2n) is 7.00. The van der Waals surface area contributed by atoms with Gasteiger partial charge in [0.15, 0.2) is 11.7 Å². The lowest BCUT2D eigenvalue weighted by molar-refractivity contribution is -0.136. The lowest BCUT2D eigenvalue weighted by Crippen LogP contribution is -2.39. The van der Waals surface area contributed by atoms with Crippen molar-refractivity contribution in [3.8, 4) is 0 Å². The maximum absolute atomic E-state index is 14.5. The molecule has 1 aromatic carbocycles. The molecule has 2 aromatic rings. The molecule has 0 bridgehead atoms. The van der Waals surface area contributed by atoms with Gasteiger partial charge in [0.2, 0.25) is 0 Å². The summed E-state index contributed by atoms with van der Waals surface area (Å²) in [4.78, 5) is 22.6. The lowest BCUT2D eigenvalue weighted by atomic mass is 9.95. The number of carbonyl (C=O) groups excluding carboxylic acids is 1. The van der Waals surface area contributed by atoms with E-state index in [4.69, 9.17) is 16.3 Å². The van der Waals surface area contributed by atoms with E-state index in [1.165, 1.54) is 13.2 Å². The molecule has 0 saturated heterocycles. The van der Waals surface area contributed by atoms with Crippen LogP contribution in [0.25, 0.3) is 0 Å². The number of rotatable bonds is 7. The first-order valence-corrected chi connectivity index (χ1v) is 9.84. The van der Waals surface area contributed by atoms with Crippen LogP contribution in [0.2, 0.25) is 5.02 Å². The van der Waals surface area contributed by atoms with Crippen LogP contribution in [-0.2, 0) is 9.53 Å². The van der Waals surface area contributed by atoms with E-state index in [1.54, 1.807) is 11.9 Å². The van der Waals surface area contributed by atoms with E-state index in [0.29, 0.717) is 6.07 Å². The number of amidine groups is 1. The summed E-state index contributed by atoms with van der Waals surface area (Å²) >= 11 is 6.24. The van der Waals surface area contributed by atoms with Gasteiger partial charge in [-0.25, -0.2) is 22.9 Å². The van der Waals surface area contributed by atoms with Gasteiger partial charge < -0.3 is 15.2 Å². The smallest absolute Gasteiger partial charge is 0.338 e. The van der Waals surface area contributed by atoms with E-state index >= 15 is 0 Å². The number of carbonyl (C=O) groups is 1. The van der Waals surface area contributed by atoms with Gasteiger partial charge in [0, 0.05) is 35.4 Å². The van der Waals surface area contributed by atoms with Gasteiger partial charge in [0.1, 0.15) is 23.4 Å². The molecule has 7 nitrogen and oxygen atoms in total. The van der Waals surface area contributed by atoms with Crippen molar-refractivity contribution >= 4 is 23.4 Å². The van der Waals surface area contributed by atoms with Gasteiger partial charge in [-0.1, -0.05) is 17.7 Å². The van der Waals surface area contributed by atoms with Crippen LogP contribution in [0.15, 0.2) is 46.7 Å². The number of halogens is 4. The lowest BCUT2D eigenvalue weighted by Gasteiger charge is -2.29. The Hall–Kier alpha value is -2.95. The van der Waals surface area contributed by atoms with Gasteiger partial charge >= 0.3 is 5.97 Å². The standard InChI is InChI=1S/C21H20ClF3N4O3/c1-29(5-6-30)10-16-17(21(31)32-2)18(13-4-3-11(23)7-14(13)22)28-20(27-16)19-15(25)8-12(24)9-26-19/h3-4,7-9,18,30H,5-6,10H2,1-2H3,(H,27,28). The van der Waals surface area contributed by atoms with Crippen LogP contribution in [0.4, 0.5) is 13.2 Å². The van der Waals surface area contributed by atoms with Crippen LogP contribution >= 0.6 is 11.6 Å². The van der Waals surface area contributed by atoms with Gasteiger partial charge in [-0.2, -0.15) is 0 Å². The predicted octanol–water partition coefficient (Wildman–Crippen LogP) is 2.59. The number of aliphatic hydroxyl groups excluding tert-OH is 1. The van der Waals surface area contributed by atoms with E-state index < -0.39 is 29.5 Å². The van der Waals surface area contributed by atoms with Crippen LogP contribution in [0.3, 0.4) is 0 Å². The first kappa shape index (κ1) is 23.7. The van der Waals surface area contributed by atoms with Crippen molar-refractivity contribution in [1.82, 2.24) is 15.2 Å². The zero-order valence-electron chi connectivity index (χ0n) is 17.2. The molecular weight excluding hydrogens is 449 g/mol. The maximum Gasteiger partial charge on any atom is 0.338 e. The summed E-state index contributed by atoms with van der Waals surface area (Å²) in [6.45, 7) is 0.249. The Labute approximate surface area is 187 Å². The minimum absolute atomic E-state index is 0.00277. The Morgan fingerprint density at radius 2 is 2.03 bits per heavy atom. The fraction of sp³-hybridized carbons (Fsp3) is 0.286. The molecule has 2 N–H and O–H groups in total. The van der Waals surface area contributed by atoms with E-state index in [2.05, 4.69) is 15.3 Å². The highest BCUT2D eigenvalue weighted by Gasteiger charge is 2.34. The summed E-state index contributed by atoms with van der Waals surface area (Å²) in [7, 11) is 2.88. The molecule has 0 amide bonds.